The number of benzene rings is 2. The van der Waals surface area contributed by atoms with Gasteiger partial charge in [0, 0.05) is 23.7 Å². The lowest BCUT2D eigenvalue weighted by molar-refractivity contribution is 0.240. The van der Waals surface area contributed by atoms with Crippen molar-refractivity contribution in [3.63, 3.8) is 0 Å². The van der Waals surface area contributed by atoms with Crippen molar-refractivity contribution in [1.82, 2.24) is 15.5 Å². The highest BCUT2D eigenvalue weighted by molar-refractivity contribution is 5.60. The first-order valence-electron chi connectivity index (χ1n) is 10.3. The highest BCUT2D eigenvalue weighted by Gasteiger charge is 2.24. The second-order valence-corrected chi connectivity index (χ2v) is 8.57. The molecule has 1 aromatic heterocycles. The van der Waals surface area contributed by atoms with Gasteiger partial charge in [0.2, 0.25) is 5.82 Å². The summed E-state index contributed by atoms with van der Waals surface area (Å²) in [5.74, 6) is 2.72. The van der Waals surface area contributed by atoms with Crippen molar-refractivity contribution >= 4 is 0 Å². The molecule has 1 aliphatic rings. The average Bonchev–Trinajstić information content (AvgIpc) is 3.15. The molecule has 1 fully saturated rings. The van der Waals surface area contributed by atoms with Crippen molar-refractivity contribution in [2.24, 2.45) is 11.8 Å². The molecule has 0 bridgehead atoms. The predicted molar refractivity (Wildman–Crippen MR) is 113 cm³/mol. The Kier molecular flexibility index (Phi) is 5.58. The Morgan fingerprint density at radius 1 is 0.964 bits per heavy atom. The number of aromatic nitrogens is 2. The van der Waals surface area contributed by atoms with Gasteiger partial charge in [-0.3, -0.25) is 0 Å². The van der Waals surface area contributed by atoms with Crippen LogP contribution in [0.1, 0.15) is 44.7 Å². The molecular formula is C24H29N3O. The summed E-state index contributed by atoms with van der Waals surface area (Å²) in [5.41, 5.74) is 4.56. The minimum absolute atomic E-state index is 0.566. The summed E-state index contributed by atoms with van der Waals surface area (Å²) in [4.78, 5) is 4.58. The Hall–Kier alpha value is -2.46. The van der Waals surface area contributed by atoms with Crippen LogP contribution in [0, 0.1) is 11.8 Å². The Morgan fingerprint density at radius 2 is 1.61 bits per heavy atom. The number of rotatable bonds is 7. The molecule has 1 N–H and O–H groups in total. The lowest BCUT2D eigenvalue weighted by atomic mass is 9.82. The topological polar surface area (TPSA) is 51.0 Å². The van der Waals surface area contributed by atoms with Crippen LogP contribution in [-0.2, 0) is 13.0 Å². The van der Waals surface area contributed by atoms with Crippen molar-refractivity contribution in [3.8, 4) is 22.8 Å². The highest BCUT2D eigenvalue weighted by Crippen LogP contribution is 2.27. The molecule has 2 aromatic carbocycles. The van der Waals surface area contributed by atoms with Gasteiger partial charge >= 0.3 is 0 Å². The Morgan fingerprint density at radius 3 is 2.25 bits per heavy atom. The molecule has 0 atom stereocenters. The van der Waals surface area contributed by atoms with E-state index < -0.39 is 0 Å². The fourth-order valence-electron chi connectivity index (χ4n) is 3.82. The van der Waals surface area contributed by atoms with Crippen LogP contribution in [0.25, 0.3) is 22.8 Å². The minimum Gasteiger partial charge on any atom is -0.334 e. The maximum atomic E-state index is 5.49. The normalized spacial score (nSPS) is 19.0. The second kappa shape index (κ2) is 8.27. The van der Waals surface area contributed by atoms with Gasteiger partial charge in [0.1, 0.15) is 0 Å². The van der Waals surface area contributed by atoms with Gasteiger partial charge in [0.05, 0.1) is 0 Å². The molecule has 4 nitrogen and oxygen atoms in total. The van der Waals surface area contributed by atoms with E-state index in [0.29, 0.717) is 23.7 Å². The molecule has 146 valence electrons. The lowest BCUT2D eigenvalue weighted by Crippen LogP contribution is -2.39. The SMILES string of the molecule is CC(C)Cc1ccc(-c2nc(-c3ccc(CNC4CC(C)C4)cc3)no2)cc1. The first kappa shape index (κ1) is 18.9. The number of nitrogens with one attached hydrogen (secondary N) is 1. The molecule has 1 heterocycles. The zero-order valence-electron chi connectivity index (χ0n) is 17.0. The van der Waals surface area contributed by atoms with E-state index in [1.807, 2.05) is 0 Å². The first-order valence-corrected chi connectivity index (χ1v) is 10.3. The summed E-state index contributed by atoms with van der Waals surface area (Å²) < 4.78 is 5.49. The first-order chi connectivity index (χ1) is 13.6. The van der Waals surface area contributed by atoms with Crippen molar-refractivity contribution < 1.29 is 4.52 Å². The summed E-state index contributed by atoms with van der Waals surface area (Å²) in [5, 5.41) is 7.78. The number of hydrogen-bond donors (Lipinski definition) is 1. The summed E-state index contributed by atoms with van der Waals surface area (Å²) in [7, 11) is 0. The number of hydrogen-bond acceptors (Lipinski definition) is 4. The maximum Gasteiger partial charge on any atom is 0.258 e. The Bertz CT molecular complexity index is 890. The van der Waals surface area contributed by atoms with Gasteiger partial charge in [0.25, 0.3) is 5.89 Å². The third-order valence-electron chi connectivity index (χ3n) is 5.45. The van der Waals surface area contributed by atoms with Gasteiger partial charge in [-0.15, -0.1) is 0 Å². The largest absolute Gasteiger partial charge is 0.334 e. The Labute approximate surface area is 167 Å². The van der Waals surface area contributed by atoms with Crippen LogP contribution in [0.4, 0.5) is 0 Å². The molecule has 0 aliphatic heterocycles. The molecule has 1 aliphatic carbocycles. The van der Waals surface area contributed by atoms with Crippen LogP contribution >= 0.6 is 0 Å². The monoisotopic (exact) mass is 375 g/mol. The summed E-state index contributed by atoms with van der Waals surface area (Å²) in [6, 6.07) is 17.5. The van der Waals surface area contributed by atoms with Crippen LogP contribution in [-0.4, -0.2) is 16.2 Å². The second-order valence-electron chi connectivity index (χ2n) is 8.57. The lowest BCUT2D eigenvalue weighted by Gasteiger charge is -2.33. The van der Waals surface area contributed by atoms with Crippen LogP contribution in [0.3, 0.4) is 0 Å². The molecular weight excluding hydrogens is 346 g/mol. The summed E-state index contributed by atoms with van der Waals surface area (Å²) in [6.45, 7) is 7.69. The van der Waals surface area contributed by atoms with Crippen molar-refractivity contribution in [1.29, 1.82) is 0 Å². The van der Waals surface area contributed by atoms with E-state index in [9.17, 15) is 0 Å². The van der Waals surface area contributed by atoms with E-state index in [1.165, 1.54) is 24.0 Å². The van der Waals surface area contributed by atoms with Gasteiger partial charge in [-0.25, -0.2) is 0 Å². The van der Waals surface area contributed by atoms with Gasteiger partial charge in [-0.2, -0.15) is 4.98 Å². The van der Waals surface area contributed by atoms with Crippen LogP contribution in [0.2, 0.25) is 0 Å². The third-order valence-corrected chi connectivity index (χ3v) is 5.45. The average molecular weight is 376 g/mol. The van der Waals surface area contributed by atoms with E-state index in [-0.39, 0.29) is 0 Å². The summed E-state index contributed by atoms with van der Waals surface area (Å²) in [6.07, 6.45) is 3.67. The third kappa shape index (κ3) is 4.50. The van der Waals surface area contributed by atoms with Gasteiger partial charge in [0.15, 0.2) is 0 Å². The van der Waals surface area contributed by atoms with E-state index in [4.69, 9.17) is 4.52 Å². The molecule has 0 saturated heterocycles. The molecule has 28 heavy (non-hydrogen) atoms. The molecule has 0 spiro atoms. The predicted octanol–water partition coefficient (Wildman–Crippen LogP) is 5.49. The summed E-state index contributed by atoms with van der Waals surface area (Å²) >= 11 is 0. The van der Waals surface area contributed by atoms with Crippen molar-refractivity contribution in [2.75, 3.05) is 0 Å². The molecule has 0 radical (unpaired) electrons. The molecule has 0 amide bonds. The van der Waals surface area contributed by atoms with Crippen LogP contribution < -0.4 is 5.32 Å². The van der Waals surface area contributed by atoms with Gasteiger partial charge < -0.3 is 9.84 Å². The molecule has 1 saturated carbocycles. The van der Waals surface area contributed by atoms with E-state index in [0.717, 1.165) is 30.0 Å². The Balaban J connectivity index is 1.39. The van der Waals surface area contributed by atoms with E-state index in [1.54, 1.807) is 0 Å². The molecule has 3 aromatic rings. The fraction of sp³-hybridized carbons (Fsp3) is 0.417. The quantitative estimate of drug-likeness (QED) is 0.593. The standard InChI is InChI=1S/C24H29N3O/c1-16(2)12-18-4-10-21(11-5-18)24-26-23(27-28-24)20-8-6-19(7-9-20)15-25-22-13-17(3)14-22/h4-11,16-17,22,25H,12-15H2,1-3H3. The highest BCUT2D eigenvalue weighted by atomic mass is 16.5. The van der Waals surface area contributed by atoms with Crippen LogP contribution in [0.15, 0.2) is 53.1 Å². The van der Waals surface area contributed by atoms with Crippen LogP contribution in [0.5, 0.6) is 0 Å². The van der Waals surface area contributed by atoms with Gasteiger partial charge in [-0.05, 0) is 54.4 Å². The van der Waals surface area contributed by atoms with Crippen molar-refractivity contribution in [2.45, 2.75) is 52.6 Å². The zero-order valence-corrected chi connectivity index (χ0v) is 17.0. The van der Waals surface area contributed by atoms with E-state index >= 15 is 0 Å². The van der Waals surface area contributed by atoms with Gasteiger partial charge in [-0.1, -0.05) is 62.3 Å². The molecule has 4 rings (SSSR count). The smallest absolute Gasteiger partial charge is 0.258 e. The maximum absolute atomic E-state index is 5.49. The van der Waals surface area contributed by atoms with Crippen molar-refractivity contribution in [3.05, 3.63) is 59.7 Å². The van der Waals surface area contributed by atoms with E-state index in [2.05, 4.69) is 84.8 Å². The molecule has 4 heteroatoms. The molecule has 0 unspecified atom stereocenters. The number of nitrogens with zero attached hydrogens (tertiary/aromatic N) is 2. The zero-order chi connectivity index (χ0) is 19.5. The fourth-order valence-corrected chi connectivity index (χ4v) is 3.82. The minimum atomic E-state index is 0.566.